The number of nitrogens with zero attached hydrogens (tertiary/aromatic N) is 1. The highest BCUT2D eigenvalue weighted by molar-refractivity contribution is 4.73. The van der Waals surface area contributed by atoms with Gasteiger partial charge in [0, 0.05) is 19.1 Å². The van der Waals surface area contributed by atoms with E-state index in [1.54, 1.807) is 0 Å². The minimum atomic E-state index is 0.684. The van der Waals surface area contributed by atoms with Gasteiger partial charge in [-0.15, -0.1) is 0 Å². The second-order valence-corrected chi connectivity index (χ2v) is 2.53. The molecule has 0 aromatic carbocycles. The van der Waals surface area contributed by atoms with Crippen LogP contribution in [-0.4, -0.2) is 25.7 Å². The fourth-order valence-electron chi connectivity index (χ4n) is 1.24. The van der Waals surface area contributed by atoms with Crippen molar-refractivity contribution in [3.63, 3.8) is 0 Å². The first-order valence-corrected chi connectivity index (χ1v) is 3.80. The van der Waals surface area contributed by atoms with Crippen LogP contribution in [0.15, 0.2) is 0 Å². The Morgan fingerprint density at radius 2 is 2.56 bits per heavy atom. The summed E-state index contributed by atoms with van der Waals surface area (Å²) in [7, 11) is 0. The van der Waals surface area contributed by atoms with Gasteiger partial charge in [0.15, 0.2) is 0 Å². The molecule has 1 rings (SSSR count). The lowest BCUT2D eigenvalue weighted by Crippen LogP contribution is -2.39. The molecule has 0 aliphatic carbocycles. The van der Waals surface area contributed by atoms with Gasteiger partial charge < -0.3 is 5.32 Å². The van der Waals surface area contributed by atoms with Crippen molar-refractivity contribution in [1.29, 1.82) is 0 Å². The van der Waals surface area contributed by atoms with Gasteiger partial charge in [-0.05, 0) is 19.4 Å². The minimum Gasteiger partial charge on any atom is -0.313 e. The van der Waals surface area contributed by atoms with Gasteiger partial charge in [0.05, 0.1) is 0 Å². The molecule has 0 spiro atoms. The molecule has 1 unspecified atom stereocenters. The van der Waals surface area contributed by atoms with Crippen LogP contribution in [0.5, 0.6) is 0 Å². The molecule has 2 nitrogen and oxygen atoms in total. The van der Waals surface area contributed by atoms with E-state index < -0.39 is 0 Å². The fourth-order valence-corrected chi connectivity index (χ4v) is 1.24. The second-order valence-electron chi connectivity index (χ2n) is 2.53. The summed E-state index contributed by atoms with van der Waals surface area (Å²) in [5.74, 6) is 0. The molecule has 1 aliphatic rings. The van der Waals surface area contributed by atoms with Crippen LogP contribution < -0.4 is 10.6 Å². The highest BCUT2D eigenvalue weighted by Gasteiger charge is 2.10. The third-order valence-electron chi connectivity index (χ3n) is 1.71. The Hall–Kier alpha value is -0.0800. The molecule has 9 heavy (non-hydrogen) atoms. The average Bonchev–Trinajstić information content (AvgIpc) is 1.91. The zero-order valence-electron chi connectivity index (χ0n) is 6.06. The van der Waals surface area contributed by atoms with Crippen molar-refractivity contribution in [2.75, 3.05) is 19.6 Å². The maximum atomic E-state index is 4.31. The molecule has 0 saturated carbocycles. The Kier molecular flexibility index (Phi) is 3.01. The van der Waals surface area contributed by atoms with Crippen molar-refractivity contribution < 1.29 is 0 Å². The van der Waals surface area contributed by atoms with Crippen LogP contribution in [0.25, 0.3) is 0 Å². The molecule has 0 amide bonds. The van der Waals surface area contributed by atoms with Gasteiger partial charge in [0.25, 0.3) is 0 Å². The lowest BCUT2D eigenvalue weighted by Gasteiger charge is -2.21. The molecule has 1 fully saturated rings. The van der Waals surface area contributed by atoms with Crippen molar-refractivity contribution in [3.8, 4) is 0 Å². The van der Waals surface area contributed by atoms with Crippen molar-refractivity contribution in [2.24, 2.45) is 0 Å². The molecule has 1 aliphatic heterocycles. The normalized spacial score (nSPS) is 28.3. The minimum absolute atomic E-state index is 0.684. The molecule has 1 atom stereocenters. The summed E-state index contributed by atoms with van der Waals surface area (Å²) < 4.78 is 0. The maximum absolute atomic E-state index is 4.31. The molecule has 1 N–H and O–H groups in total. The van der Waals surface area contributed by atoms with Crippen LogP contribution in [0.2, 0.25) is 0 Å². The molecular formula is C7H15N2. The lowest BCUT2D eigenvalue weighted by atomic mass is 10.1. The predicted octanol–water partition coefficient (Wildman–Crippen LogP) is 0.363. The highest BCUT2D eigenvalue weighted by atomic mass is 15.0. The monoisotopic (exact) mass is 127 g/mol. The summed E-state index contributed by atoms with van der Waals surface area (Å²) in [6.07, 6.45) is 2.59. The first-order valence-electron chi connectivity index (χ1n) is 3.80. The van der Waals surface area contributed by atoms with Crippen LogP contribution in [0.1, 0.15) is 19.8 Å². The van der Waals surface area contributed by atoms with E-state index in [2.05, 4.69) is 17.6 Å². The molecule has 1 heterocycles. The number of likely N-dealkylation sites (N-methyl/N-ethyl adjacent to an activating group) is 1. The average molecular weight is 127 g/mol. The molecule has 1 saturated heterocycles. The summed E-state index contributed by atoms with van der Waals surface area (Å²) in [6.45, 7) is 5.35. The van der Waals surface area contributed by atoms with Crippen LogP contribution in [0.3, 0.4) is 0 Å². The number of hydrogen-bond donors (Lipinski definition) is 1. The Balaban J connectivity index is 2.08. The summed E-state index contributed by atoms with van der Waals surface area (Å²) in [6, 6.07) is 0.684. The topological polar surface area (TPSA) is 26.1 Å². The Morgan fingerprint density at radius 3 is 3.11 bits per heavy atom. The Bertz CT molecular complexity index is 64.6. The van der Waals surface area contributed by atoms with Gasteiger partial charge in [-0.25, -0.2) is 5.32 Å². The summed E-state index contributed by atoms with van der Waals surface area (Å²) in [5.41, 5.74) is 0. The van der Waals surface area contributed by atoms with Gasteiger partial charge in [0.1, 0.15) is 0 Å². The number of nitrogens with one attached hydrogen (secondary N) is 1. The number of rotatable bonds is 2. The maximum Gasteiger partial charge on any atom is 0.0287 e. The van der Waals surface area contributed by atoms with Gasteiger partial charge in [-0.3, -0.25) is 0 Å². The van der Waals surface area contributed by atoms with E-state index in [0.717, 1.165) is 19.6 Å². The number of piperidine rings is 1. The Morgan fingerprint density at radius 1 is 1.67 bits per heavy atom. The quantitative estimate of drug-likeness (QED) is 0.569. The highest BCUT2D eigenvalue weighted by Crippen LogP contribution is 2.01. The van der Waals surface area contributed by atoms with Crippen LogP contribution in [-0.2, 0) is 0 Å². The SMILES string of the molecule is CCNC1CCC[N]C1. The standard InChI is InChI=1S/C7H15N2/c1-2-9-7-4-3-5-8-6-7/h7,9H,2-6H2,1H3. The van der Waals surface area contributed by atoms with Gasteiger partial charge in [-0.1, -0.05) is 6.92 Å². The zero-order chi connectivity index (χ0) is 6.53. The van der Waals surface area contributed by atoms with E-state index in [9.17, 15) is 0 Å². The van der Waals surface area contributed by atoms with E-state index >= 15 is 0 Å². The van der Waals surface area contributed by atoms with Gasteiger partial charge in [-0.2, -0.15) is 0 Å². The zero-order valence-corrected chi connectivity index (χ0v) is 6.06. The first kappa shape index (κ1) is 7.03. The van der Waals surface area contributed by atoms with E-state index in [4.69, 9.17) is 0 Å². The molecule has 2 heteroatoms. The second kappa shape index (κ2) is 3.85. The van der Waals surface area contributed by atoms with Crippen molar-refractivity contribution >= 4 is 0 Å². The van der Waals surface area contributed by atoms with Gasteiger partial charge in [0.2, 0.25) is 0 Å². The van der Waals surface area contributed by atoms with E-state index in [1.807, 2.05) is 0 Å². The third kappa shape index (κ3) is 2.33. The summed E-state index contributed by atoms with van der Waals surface area (Å²) in [4.78, 5) is 0. The number of hydrogen-bond acceptors (Lipinski definition) is 1. The summed E-state index contributed by atoms with van der Waals surface area (Å²) in [5, 5.41) is 7.71. The van der Waals surface area contributed by atoms with E-state index in [-0.39, 0.29) is 0 Å². The largest absolute Gasteiger partial charge is 0.313 e. The smallest absolute Gasteiger partial charge is 0.0287 e. The Labute approximate surface area is 57.0 Å². The molecule has 0 aromatic rings. The van der Waals surface area contributed by atoms with Crippen molar-refractivity contribution in [1.82, 2.24) is 10.6 Å². The van der Waals surface area contributed by atoms with Crippen molar-refractivity contribution in [3.05, 3.63) is 0 Å². The molecule has 1 radical (unpaired) electrons. The van der Waals surface area contributed by atoms with E-state index in [0.29, 0.717) is 6.04 Å². The molecule has 0 aromatic heterocycles. The van der Waals surface area contributed by atoms with Crippen LogP contribution in [0, 0.1) is 0 Å². The predicted molar refractivity (Wildman–Crippen MR) is 38.6 cm³/mol. The van der Waals surface area contributed by atoms with E-state index in [1.165, 1.54) is 12.8 Å². The first-order chi connectivity index (χ1) is 4.43. The fraction of sp³-hybridized carbons (Fsp3) is 1.00. The van der Waals surface area contributed by atoms with Crippen molar-refractivity contribution in [2.45, 2.75) is 25.8 Å². The van der Waals surface area contributed by atoms with Gasteiger partial charge >= 0.3 is 0 Å². The molecule has 0 bridgehead atoms. The molecule has 53 valence electrons. The molecular weight excluding hydrogens is 112 g/mol. The van der Waals surface area contributed by atoms with Crippen LogP contribution >= 0.6 is 0 Å². The summed E-state index contributed by atoms with van der Waals surface area (Å²) >= 11 is 0. The lowest BCUT2D eigenvalue weighted by molar-refractivity contribution is 0.392. The third-order valence-corrected chi connectivity index (χ3v) is 1.71. The van der Waals surface area contributed by atoms with Crippen LogP contribution in [0.4, 0.5) is 0 Å².